The van der Waals surface area contributed by atoms with Gasteiger partial charge in [-0.3, -0.25) is 9.78 Å². The predicted molar refractivity (Wildman–Crippen MR) is 122 cm³/mol. The second-order valence-corrected chi connectivity index (χ2v) is 6.92. The number of rotatable bonds is 9. The third kappa shape index (κ3) is 5.33. The highest BCUT2D eigenvalue weighted by molar-refractivity contribution is 5.86. The molecule has 0 bridgehead atoms. The summed E-state index contributed by atoms with van der Waals surface area (Å²) in [5, 5.41) is 5.49. The standard InChI is InChI=1S/C23H20FN7O3/c1-2-19(32)27-10-15-12-34-23(30-15)20-21(25)28-13-29-22(20)31-18-7-6-16(9-17(18)24)33-11-14-5-3-4-8-26-14/h2-9,12-13H,1,10-11H2,(H,27,32)(H3,25,28,29,31). The Bertz CT molecular complexity index is 1310. The van der Waals surface area contributed by atoms with E-state index >= 15 is 0 Å². The van der Waals surface area contributed by atoms with Crippen molar-refractivity contribution in [1.82, 2.24) is 25.3 Å². The lowest BCUT2D eigenvalue weighted by Gasteiger charge is -2.12. The number of hydrogen-bond acceptors (Lipinski definition) is 9. The van der Waals surface area contributed by atoms with Crippen LogP contribution in [0, 0.1) is 5.82 Å². The Morgan fingerprint density at radius 1 is 1.21 bits per heavy atom. The fourth-order valence-corrected chi connectivity index (χ4v) is 2.91. The van der Waals surface area contributed by atoms with Crippen molar-refractivity contribution >= 4 is 23.2 Å². The lowest BCUT2D eigenvalue weighted by atomic mass is 10.2. The smallest absolute Gasteiger partial charge is 0.243 e. The van der Waals surface area contributed by atoms with E-state index in [1.54, 1.807) is 18.3 Å². The Hall–Kier alpha value is -4.80. The van der Waals surface area contributed by atoms with Gasteiger partial charge in [-0.15, -0.1) is 0 Å². The first-order chi connectivity index (χ1) is 16.5. The minimum absolute atomic E-state index is 0.0803. The van der Waals surface area contributed by atoms with E-state index in [0.717, 1.165) is 11.8 Å². The normalized spacial score (nSPS) is 10.5. The average Bonchev–Trinajstić information content (AvgIpc) is 3.32. The van der Waals surface area contributed by atoms with E-state index in [9.17, 15) is 9.18 Å². The van der Waals surface area contributed by atoms with E-state index in [0.29, 0.717) is 11.4 Å². The van der Waals surface area contributed by atoms with Crippen molar-refractivity contribution in [2.24, 2.45) is 0 Å². The van der Waals surface area contributed by atoms with Crippen LogP contribution >= 0.6 is 0 Å². The van der Waals surface area contributed by atoms with Crippen LogP contribution in [0.5, 0.6) is 5.75 Å². The van der Waals surface area contributed by atoms with Gasteiger partial charge >= 0.3 is 0 Å². The molecule has 0 atom stereocenters. The van der Waals surface area contributed by atoms with Crippen molar-refractivity contribution in [1.29, 1.82) is 0 Å². The fourth-order valence-electron chi connectivity index (χ4n) is 2.91. The van der Waals surface area contributed by atoms with Crippen molar-refractivity contribution in [3.8, 4) is 17.2 Å². The Morgan fingerprint density at radius 3 is 2.85 bits per heavy atom. The van der Waals surface area contributed by atoms with Crippen molar-refractivity contribution in [2.75, 3.05) is 11.1 Å². The number of benzene rings is 1. The second-order valence-electron chi connectivity index (χ2n) is 6.92. The number of carbonyl (C=O) groups is 1. The molecule has 1 amide bonds. The molecule has 4 rings (SSSR count). The largest absolute Gasteiger partial charge is 0.487 e. The highest BCUT2D eigenvalue weighted by Gasteiger charge is 2.19. The van der Waals surface area contributed by atoms with Crippen molar-refractivity contribution in [2.45, 2.75) is 13.2 Å². The highest BCUT2D eigenvalue weighted by atomic mass is 19.1. The molecular formula is C23H20FN7O3. The number of nitrogens with two attached hydrogens (primary N) is 1. The van der Waals surface area contributed by atoms with Crippen LogP contribution in [0.4, 0.5) is 21.7 Å². The summed E-state index contributed by atoms with van der Waals surface area (Å²) in [5.74, 6) is -0.192. The van der Waals surface area contributed by atoms with E-state index < -0.39 is 5.82 Å². The van der Waals surface area contributed by atoms with Crippen molar-refractivity contribution in [3.63, 3.8) is 0 Å². The maximum absolute atomic E-state index is 14.8. The van der Waals surface area contributed by atoms with Crippen LogP contribution < -0.4 is 21.1 Å². The number of pyridine rings is 1. The van der Waals surface area contributed by atoms with Gasteiger partial charge in [0, 0.05) is 12.3 Å². The summed E-state index contributed by atoms with van der Waals surface area (Å²) in [6.07, 6.45) is 5.40. The number of nitrogens with one attached hydrogen (secondary N) is 2. The minimum Gasteiger partial charge on any atom is -0.487 e. The van der Waals surface area contributed by atoms with Gasteiger partial charge in [0.05, 0.1) is 23.6 Å². The first kappa shape index (κ1) is 22.4. The second kappa shape index (κ2) is 10.2. The molecule has 3 aromatic heterocycles. The molecule has 10 nitrogen and oxygen atoms in total. The van der Waals surface area contributed by atoms with Crippen LogP contribution in [0.2, 0.25) is 0 Å². The van der Waals surface area contributed by atoms with Gasteiger partial charge in [0.1, 0.15) is 48.0 Å². The van der Waals surface area contributed by atoms with Gasteiger partial charge in [-0.25, -0.2) is 19.3 Å². The number of carbonyl (C=O) groups excluding carboxylic acids is 1. The number of halogens is 1. The lowest BCUT2D eigenvalue weighted by molar-refractivity contribution is -0.116. The van der Waals surface area contributed by atoms with Crippen LogP contribution in [0.25, 0.3) is 11.5 Å². The van der Waals surface area contributed by atoms with E-state index in [2.05, 4.69) is 37.1 Å². The fraction of sp³-hybridized carbons (Fsp3) is 0.0870. The van der Waals surface area contributed by atoms with Gasteiger partial charge in [0.15, 0.2) is 0 Å². The third-order valence-electron chi connectivity index (χ3n) is 4.58. The molecule has 0 unspecified atom stereocenters. The molecule has 0 aliphatic carbocycles. The van der Waals surface area contributed by atoms with Crippen molar-refractivity contribution < 1.29 is 18.3 Å². The SMILES string of the molecule is C=CC(=O)NCc1coc(-c2c(N)ncnc2Nc2ccc(OCc3ccccn3)cc2F)n1. The molecular weight excluding hydrogens is 441 g/mol. The van der Waals surface area contributed by atoms with Gasteiger partial charge in [-0.2, -0.15) is 0 Å². The summed E-state index contributed by atoms with van der Waals surface area (Å²) < 4.78 is 25.9. The van der Waals surface area contributed by atoms with E-state index in [1.165, 1.54) is 24.7 Å². The van der Waals surface area contributed by atoms with E-state index in [-0.39, 0.29) is 47.8 Å². The zero-order chi connectivity index (χ0) is 23.9. The zero-order valence-corrected chi connectivity index (χ0v) is 17.9. The summed E-state index contributed by atoms with van der Waals surface area (Å²) in [5.41, 5.74) is 7.57. The zero-order valence-electron chi connectivity index (χ0n) is 17.9. The number of ether oxygens (including phenoxy) is 1. The number of anilines is 3. The molecule has 3 heterocycles. The van der Waals surface area contributed by atoms with Gasteiger partial charge < -0.3 is 25.5 Å². The van der Waals surface area contributed by atoms with Crippen LogP contribution in [0.15, 0.2) is 72.3 Å². The molecule has 0 aliphatic heterocycles. The van der Waals surface area contributed by atoms with Crippen LogP contribution in [-0.2, 0) is 17.9 Å². The predicted octanol–water partition coefficient (Wildman–Crippen LogP) is 3.37. The average molecular weight is 461 g/mol. The molecule has 0 fully saturated rings. The van der Waals surface area contributed by atoms with Gasteiger partial charge in [-0.1, -0.05) is 12.6 Å². The summed E-state index contributed by atoms with van der Waals surface area (Å²) in [7, 11) is 0. The molecule has 1 aromatic carbocycles. The summed E-state index contributed by atoms with van der Waals surface area (Å²) in [6.45, 7) is 3.72. The van der Waals surface area contributed by atoms with Gasteiger partial charge in [-0.05, 0) is 30.3 Å². The van der Waals surface area contributed by atoms with E-state index in [1.807, 2.05) is 12.1 Å². The number of amides is 1. The first-order valence-electron chi connectivity index (χ1n) is 10.1. The van der Waals surface area contributed by atoms with Crippen LogP contribution in [0.3, 0.4) is 0 Å². The monoisotopic (exact) mass is 461 g/mol. The lowest BCUT2D eigenvalue weighted by Crippen LogP contribution is -2.20. The summed E-state index contributed by atoms with van der Waals surface area (Å²) in [6, 6.07) is 9.84. The molecule has 0 aliphatic rings. The Kier molecular flexibility index (Phi) is 6.73. The first-order valence-corrected chi connectivity index (χ1v) is 10.1. The summed E-state index contributed by atoms with van der Waals surface area (Å²) in [4.78, 5) is 28.0. The number of hydrogen-bond donors (Lipinski definition) is 3. The Morgan fingerprint density at radius 2 is 2.09 bits per heavy atom. The maximum atomic E-state index is 14.8. The molecule has 172 valence electrons. The third-order valence-corrected chi connectivity index (χ3v) is 4.58. The van der Waals surface area contributed by atoms with Gasteiger partial charge in [0.2, 0.25) is 11.8 Å². The number of oxazole rings is 1. The van der Waals surface area contributed by atoms with Crippen molar-refractivity contribution in [3.05, 3.63) is 85.0 Å². The molecule has 11 heteroatoms. The summed E-state index contributed by atoms with van der Waals surface area (Å²) >= 11 is 0. The van der Waals surface area contributed by atoms with Gasteiger partial charge in [0.25, 0.3) is 0 Å². The number of nitrogen functional groups attached to an aromatic ring is 1. The molecule has 0 saturated heterocycles. The maximum Gasteiger partial charge on any atom is 0.243 e. The Balaban J connectivity index is 1.51. The van der Waals surface area contributed by atoms with Crippen LogP contribution in [0.1, 0.15) is 11.4 Å². The molecule has 4 aromatic rings. The quantitative estimate of drug-likeness (QED) is 0.320. The number of aromatic nitrogens is 4. The number of nitrogens with zero attached hydrogens (tertiary/aromatic N) is 4. The molecule has 34 heavy (non-hydrogen) atoms. The molecule has 0 saturated carbocycles. The molecule has 0 spiro atoms. The van der Waals surface area contributed by atoms with E-state index in [4.69, 9.17) is 14.9 Å². The topological polar surface area (TPSA) is 141 Å². The molecule has 0 radical (unpaired) electrons. The minimum atomic E-state index is -0.568. The molecule has 4 N–H and O–H groups in total. The van der Waals surface area contributed by atoms with Crippen LogP contribution in [-0.4, -0.2) is 25.8 Å². The Labute approximate surface area is 193 Å². The highest BCUT2D eigenvalue weighted by Crippen LogP contribution is 2.33.